The molecule has 1 amide bonds. The van der Waals surface area contributed by atoms with Crippen LogP contribution in [0.5, 0.6) is 0 Å². The van der Waals surface area contributed by atoms with Crippen molar-refractivity contribution in [2.75, 3.05) is 0 Å². The Labute approximate surface area is 89.5 Å². The Hall–Kier alpha value is -0.350. The van der Waals surface area contributed by atoms with Crippen molar-refractivity contribution in [2.45, 2.75) is 25.3 Å². The summed E-state index contributed by atoms with van der Waals surface area (Å²) in [7, 11) is 0. The number of carbonyl (C=O) groups is 1. The second kappa shape index (κ2) is 3.10. The lowest BCUT2D eigenvalue weighted by Crippen LogP contribution is -2.34. The van der Waals surface area contributed by atoms with Crippen LogP contribution in [0.1, 0.15) is 30.1 Å². The van der Waals surface area contributed by atoms with E-state index in [1.807, 2.05) is 11.4 Å². The summed E-state index contributed by atoms with van der Waals surface area (Å²) < 4.78 is 0.911. The maximum absolute atomic E-state index is 11.6. The minimum absolute atomic E-state index is 0.0353. The van der Waals surface area contributed by atoms with Crippen LogP contribution in [0.4, 0.5) is 0 Å². The molecule has 1 aromatic heterocycles. The van der Waals surface area contributed by atoms with Gasteiger partial charge >= 0.3 is 0 Å². The lowest BCUT2D eigenvalue weighted by atomic mass is 10.2. The summed E-state index contributed by atoms with van der Waals surface area (Å²) >= 11 is 4.89. The molecule has 1 saturated carbocycles. The Morgan fingerprint density at radius 2 is 2.38 bits per heavy atom. The zero-order valence-electron chi connectivity index (χ0n) is 7.26. The van der Waals surface area contributed by atoms with E-state index in [9.17, 15) is 4.79 Å². The van der Waals surface area contributed by atoms with Crippen molar-refractivity contribution in [3.05, 3.63) is 20.8 Å². The molecule has 1 fully saturated rings. The van der Waals surface area contributed by atoms with Crippen LogP contribution in [-0.2, 0) is 0 Å². The SMILES string of the molecule is CC1(NC(=O)c2ccsc2Br)CC1. The predicted octanol–water partition coefficient (Wildman–Crippen LogP) is 2.79. The van der Waals surface area contributed by atoms with E-state index in [1.165, 1.54) is 11.3 Å². The van der Waals surface area contributed by atoms with E-state index in [1.54, 1.807) is 0 Å². The highest BCUT2D eigenvalue weighted by Crippen LogP contribution is 2.35. The number of hydrogen-bond donors (Lipinski definition) is 1. The Morgan fingerprint density at radius 1 is 1.69 bits per heavy atom. The van der Waals surface area contributed by atoms with Crippen LogP contribution in [0.2, 0.25) is 0 Å². The fraction of sp³-hybridized carbons (Fsp3) is 0.444. The van der Waals surface area contributed by atoms with E-state index in [0.717, 1.165) is 22.2 Å². The Morgan fingerprint density at radius 3 is 2.85 bits per heavy atom. The second-order valence-electron chi connectivity index (χ2n) is 3.62. The maximum Gasteiger partial charge on any atom is 0.253 e. The summed E-state index contributed by atoms with van der Waals surface area (Å²) in [5.41, 5.74) is 0.816. The van der Waals surface area contributed by atoms with Crippen LogP contribution in [0.25, 0.3) is 0 Å². The standard InChI is InChI=1S/C9H10BrNOS/c1-9(3-4-9)11-8(12)6-2-5-13-7(6)10/h2,5H,3-4H2,1H3,(H,11,12). The van der Waals surface area contributed by atoms with Crippen LogP contribution >= 0.6 is 27.3 Å². The summed E-state index contributed by atoms with van der Waals surface area (Å²) in [5, 5.41) is 4.92. The van der Waals surface area contributed by atoms with Crippen molar-refractivity contribution in [1.82, 2.24) is 5.32 Å². The van der Waals surface area contributed by atoms with Gasteiger partial charge in [-0.3, -0.25) is 4.79 Å². The molecule has 4 heteroatoms. The molecule has 0 aromatic carbocycles. The lowest BCUT2D eigenvalue weighted by Gasteiger charge is -2.10. The van der Waals surface area contributed by atoms with Crippen LogP contribution in [0.15, 0.2) is 15.2 Å². The first-order chi connectivity index (χ1) is 6.11. The van der Waals surface area contributed by atoms with Crippen LogP contribution in [0, 0.1) is 0 Å². The van der Waals surface area contributed by atoms with Crippen LogP contribution in [-0.4, -0.2) is 11.4 Å². The molecule has 1 aliphatic carbocycles. The molecule has 0 saturated heterocycles. The summed E-state index contributed by atoms with van der Waals surface area (Å²) in [6.45, 7) is 2.07. The largest absolute Gasteiger partial charge is 0.347 e. The first kappa shape index (κ1) is 9.21. The van der Waals surface area contributed by atoms with Gasteiger partial charge in [-0.25, -0.2) is 0 Å². The molecular formula is C9H10BrNOS. The van der Waals surface area contributed by atoms with Gasteiger partial charge < -0.3 is 5.32 Å². The van der Waals surface area contributed by atoms with Crippen LogP contribution < -0.4 is 5.32 Å². The third-order valence-corrected chi connectivity index (χ3v) is 3.96. The summed E-state index contributed by atoms with van der Waals surface area (Å²) in [6.07, 6.45) is 2.20. The van der Waals surface area contributed by atoms with Crippen molar-refractivity contribution in [2.24, 2.45) is 0 Å². The van der Waals surface area contributed by atoms with Crippen molar-refractivity contribution in [3.63, 3.8) is 0 Å². The first-order valence-electron chi connectivity index (χ1n) is 4.16. The molecule has 2 rings (SSSR count). The van der Waals surface area contributed by atoms with Gasteiger partial charge in [-0.1, -0.05) is 0 Å². The molecule has 0 atom stereocenters. The molecule has 1 aromatic rings. The number of rotatable bonds is 2. The molecule has 1 N–H and O–H groups in total. The zero-order valence-corrected chi connectivity index (χ0v) is 9.67. The number of nitrogens with one attached hydrogen (secondary N) is 1. The minimum Gasteiger partial charge on any atom is -0.347 e. The third kappa shape index (κ3) is 1.94. The molecule has 1 heterocycles. The van der Waals surface area contributed by atoms with Crippen LogP contribution in [0.3, 0.4) is 0 Å². The first-order valence-corrected chi connectivity index (χ1v) is 5.83. The van der Waals surface area contributed by atoms with Gasteiger partial charge in [0.15, 0.2) is 0 Å². The molecule has 70 valence electrons. The monoisotopic (exact) mass is 259 g/mol. The van der Waals surface area contributed by atoms with Gasteiger partial charge in [0.2, 0.25) is 0 Å². The highest BCUT2D eigenvalue weighted by Gasteiger charge is 2.39. The second-order valence-corrected chi connectivity index (χ2v) is 5.86. The Kier molecular flexibility index (Phi) is 2.20. The number of thiophene rings is 1. The number of amides is 1. The predicted molar refractivity (Wildman–Crippen MR) is 57.1 cm³/mol. The molecule has 0 aliphatic heterocycles. The molecule has 0 spiro atoms. The summed E-state index contributed by atoms with van der Waals surface area (Å²) in [6, 6.07) is 1.84. The van der Waals surface area contributed by atoms with Crippen molar-refractivity contribution < 1.29 is 4.79 Å². The Bertz CT molecular complexity index is 343. The molecule has 1 aliphatic rings. The quantitative estimate of drug-likeness (QED) is 0.870. The third-order valence-electron chi connectivity index (χ3n) is 2.28. The number of carbonyl (C=O) groups excluding carboxylic acids is 1. The minimum atomic E-state index is 0.0353. The number of hydrogen-bond acceptors (Lipinski definition) is 2. The topological polar surface area (TPSA) is 29.1 Å². The van der Waals surface area contributed by atoms with E-state index in [-0.39, 0.29) is 11.4 Å². The van der Waals surface area contributed by atoms with Gasteiger partial charge in [0.25, 0.3) is 5.91 Å². The van der Waals surface area contributed by atoms with E-state index in [2.05, 4.69) is 28.2 Å². The van der Waals surface area contributed by atoms with Crippen molar-refractivity contribution in [3.8, 4) is 0 Å². The molecule has 2 nitrogen and oxygen atoms in total. The summed E-state index contributed by atoms with van der Waals surface area (Å²) in [4.78, 5) is 11.6. The van der Waals surface area contributed by atoms with Gasteiger partial charge in [0.1, 0.15) is 0 Å². The average Bonchev–Trinajstić information content (AvgIpc) is 2.63. The maximum atomic E-state index is 11.6. The summed E-state index contributed by atoms with van der Waals surface area (Å²) in [5.74, 6) is 0.0353. The van der Waals surface area contributed by atoms with Gasteiger partial charge in [-0.05, 0) is 47.1 Å². The zero-order chi connectivity index (χ0) is 9.47. The smallest absolute Gasteiger partial charge is 0.253 e. The van der Waals surface area contributed by atoms with Gasteiger partial charge in [-0.2, -0.15) is 0 Å². The van der Waals surface area contributed by atoms with Gasteiger partial charge in [-0.15, -0.1) is 11.3 Å². The Balaban J connectivity index is 2.09. The normalized spacial score (nSPS) is 18.3. The van der Waals surface area contributed by atoms with E-state index in [4.69, 9.17) is 0 Å². The van der Waals surface area contributed by atoms with Crippen molar-refractivity contribution in [1.29, 1.82) is 0 Å². The average molecular weight is 260 g/mol. The van der Waals surface area contributed by atoms with E-state index < -0.39 is 0 Å². The molecule has 13 heavy (non-hydrogen) atoms. The molecule has 0 unspecified atom stereocenters. The highest BCUT2D eigenvalue weighted by molar-refractivity contribution is 9.11. The lowest BCUT2D eigenvalue weighted by molar-refractivity contribution is 0.0935. The molecule has 0 radical (unpaired) electrons. The van der Waals surface area contributed by atoms with E-state index in [0.29, 0.717) is 0 Å². The molecule has 0 bridgehead atoms. The van der Waals surface area contributed by atoms with Crippen molar-refractivity contribution >= 4 is 33.2 Å². The number of halogens is 1. The fourth-order valence-electron chi connectivity index (χ4n) is 1.11. The highest BCUT2D eigenvalue weighted by atomic mass is 79.9. The fourth-order valence-corrected chi connectivity index (χ4v) is 2.36. The van der Waals surface area contributed by atoms with Gasteiger partial charge in [0, 0.05) is 5.54 Å². The van der Waals surface area contributed by atoms with E-state index >= 15 is 0 Å². The van der Waals surface area contributed by atoms with Gasteiger partial charge in [0.05, 0.1) is 9.35 Å². The molecular weight excluding hydrogens is 250 g/mol.